The second-order valence-electron chi connectivity index (χ2n) is 5.18. The number of ether oxygens (including phenoxy) is 1. The second-order valence-corrected chi connectivity index (χ2v) is 5.18. The van der Waals surface area contributed by atoms with Crippen molar-refractivity contribution in [2.24, 2.45) is 0 Å². The molecule has 0 saturated carbocycles. The fourth-order valence-corrected chi connectivity index (χ4v) is 1.42. The van der Waals surface area contributed by atoms with E-state index in [1.807, 2.05) is 13.0 Å². The first-order valence-corrected chi connectivity index (χ1v) is 6.09. The van der Waals surface area contributed by atoms with E-state index < -0.39 is 0 Å². The van der Waals surface area contributed by atoms with Gasteiger partial charge in [0.15, 0.2) is 11.6 Å². The van der Waals surface area contributed by atoms with Crippen molar-refractivity contribution >= 4 is 0 Å². The molecule has 0 aromatic heterocycles. The van der Waals surface area contributed by atoms with Crippen LogP contribution < -0.4 is 10.1 Å². The molecule has 1 rings (SSSR count). The fraction of sp³-hybridized carbons (Fsp3) is 0.571. The molecule has 0 radical (unpaired) electrons. The lowest BCUT2D eigenvalue weighted by molar-refractivity contribution is 0.295. The number of rotatable bonds is 5. The molecule has 3 heteroatoms. The minimum atomic E-state index is -0.286. The van der Waals surface area contributed by atoms with Crippen LogP contribution in [0.15, 0.2) is 18.2 Å². The van der Waals surface area contributed by atoms with Gasteiger partial charge in [0.1, 0.15) is 0 Å². The molecule has 96 valence electrons. The topological polar surface area (TPSA) is 21.3 Å². The Balaban J connectivity index is 2.79. The number of benzene rings is 1. The lowest BCUT2D eigenvalue weighted by Crippen LogP contribution is -2.35. The van der Waals surface area contributed by atoms with E-state index >= 15 is 0 Å². The molecule has 0 aliphatic carbocycles. The van der Waals surface area contributed by atoms with Crippen LogP contribution in [0.25, 0.3) is 0 Å². The zero-order valence-corrected chi connectivity index (χ0v) is 11.1. The summed E-state index contributed by atoms with van der Waals surface area (Å²) < 4.78 is 19.1. The Bertz CT molecular complexity index is 358. The summed E-state index contributed by atoms with van der Waals surface area (Å²) in [5, 5.41) is 3.34. The highest BCUT2D eigenvalue weighted by Crippen LogP contribution is 2.23. The third-order valence-corrected chi connectivity index (χ3v) is 2.31. The summed E-state index contributed by atoms with van der Waals surface area (Å²) in [7, 11) is 0. The molecule has 0 saturated heterocycles. The van der Waals surface area contributed by atoms with E-state index in [0.717, 1.165) is 12.0 Å². The van der Waals surface area contributed by atoms with E-state index in [9.17, 15) is 4.39 Å². The molecule has 1 N–H and O–H groups in total. The molecule has 0 aliphatic heterocycles. The van der Waals surface area contributed by atoms with Crippen molar-refractivity contribution < 1.29 is 9.13 Å². The highest BCUT2D eigenvalue weighted by atomic mass is 19.1. The number of hydrogen-bond donors (Lipinski definition) is 1. The molecule has 0 unspecified atom stereocenters. The van der Waals surface area contributed by atoms with Gasteiger partial charge < -0.3 is 10.1 Å². The van der Waals surface area contributed by atoms with Gasteiger partial charge in [-0.3, -0.25) is 0 Å². The minimum Gasteiger partial charge on any atom is -0.490 e. The van der Waals surface area contributed by atoms with Crippen molar-refractivity contribution in [3.05, 3.63) is 29.6 Å². The SMILES string of the molecule is CCCOc1c(F)cccc1CNC(C)(C)C. The normalized spacial score (nSPS) is 11.6. The molecule has 2 nitrogen and oxygen atoms in total. The Morgan fingerprint density at radius 3 is 2.59 bits per heavy atom. The number of para-hydroxylation sites is 1. The summed E-state index contributed by atoms with van der Waals surface area (Å²) in [6.45, 7) is 9.41. The number of nitrogens with one attached hydrogen (secondary N) is 1. The Hall–Kier alpha value is -1.09. The highest BCUT2D eigenvalue weighted by molar-refractivity contribution is 5.35. The molecular weight excluding hydrogens is 217 g/mol. The van der Waals surface area contributed by atoms with Crippen molar-refractivity contribution in [2.75, 3.05) is 6.61 Å². The van der Waals surface area contributed by atoms with Crippen LogP contribution in [-0.4, -0.2) is 12.1 Å². The maximum absolute atomic E-state index is 13.6. The summed E-state index contributed by atoms with van der Waals surface area (Å²) in [6.07, 6.45) is 0.875. The van der Waals surface area contributed by atoms with Crippen molar-refractivity contribution in [2.45, 2.75) is 46.2 Å². The summed E-state index contributed by atoms with van der Waals surface area (Å²) in [5.74, 6) is 0.0951. The van der Waals surface area contributed by atoms with Gasteiger partial charge in [-0.05, 0) is 33.3 Å². The monoisotopic (exact) mass is 239 g/mol. The van der Waals surface area contributed by atoms with E-state index in [1.165, 1.54) is 6.07 Å². The molecule has 1 aromatic rings. The molecular formula is C14H22FNO. The molecule has 0 atom stereocenters. The van der Waals surface area contributed by atoms with Crippen LogP contribution in [0.5, 0.6) is 5.75 Å². The van der Waals surface area contributed by atoms with Gasteiger partial charge >= 0.3 is 0 Å². The number of hydrogen-bond acceptors (Lipinski definition) is 2. The van der Waals surface area contributed by atoms with Gasteiger partial charge in [-0.25, -0.2) is 4.39 Å². The molecule has 0 amide bonds. The predicted octanol–water partition coefficient (Wildman–Crippen LogP) is 3.50. The van der Waals surface area contributed by atoms with E-state index in [1.54, 1.807) is 6.07 Å². The van der Waals surface area contributed by atoms with Gasteiger partial charge in [0.05, 0.1) is 6.61 Å². The molecule has 0 spiro atoms. The Labute approximate surface area is 103 Å². The summed E-state index contributed by atoms with van der Waals surface area (Å²) >= 11 is 0. The fourth-order valence-electron chi connectivity index (χ4n) is 1.42. The summed E-state index contributed by atoms with van der Waals surface area (Å²) in [6, 6.07) is 5.05. The van der Waals surface area contributed by atoms with Crippen LogP contribution in [-0.2, 0) is 6.54 Å². The maximum atomic E-state index is 13.6. The van der Waals surface area contributed by atoms with E-state index in [2.05, 4.69) is 26.1 Å². The predicted molar refractivity (Wildman–Crippen MR) is 68.8 cm³/mol. The van der Waals surface area contributed by atoms with E-state index in [-0.39, 0.29) is 11.4 Å². The van der Waals surface area contributed by atoms with Gasteiger partial charge in [0.25, 0.3) is 0 Å². The molecule has 0 heterocycles. The van der Waals surface area contributed by atoms with Crippen LogP contribution in [0.3, 0.4) is 0 Å². The summed E-state index contributed by atoms with van der Waals surface area (Å²) in [4.78, 5) is 0. The van der Waals surface area contributed by atoms with Gasteiger partial charge in [-0.1, -0.05) is 19.1 Å². The van der Waals surface area contributed by atoms with Crippen molar-refractivity contribution in [3.63, 3.8) is 0 Å². The third kappa shape index (κ3) is 4.73. The average molecular weight is 239 g/mol. The summed E-state index contributed by atoms with van der Waals surface area (Å²) in [5.41, 5.74) is 0.877. The highest BCUT2D eigenvalue weighted by Gasteiger charge is 2.13. The van der Waals surface area contributed by atoms with Gasteiger partial charge in [-0.2, -0.15) is 0 Å². The second kappa shape index (κ2) is 6.01. The Morgan fingerprint density at radius 2 is 2.00 bits per heavy atom. The zero-order valence-electron chi connectivity index (χ0n) is 11.1. The Morgan fingerprint density at radius 1 is 1.29 bits per heavy atom. The first-order chi connectivity index (χ1) is 7.94. The van der Waals surface area contributed by atoms with Gasteiger partial charge in [0, 0.05) is 17.6 Å². The Kier molecular flexibility index (Phi) is 4.94. The van der Waals surface area contributed by atoms with E-state index in [4.69, 9.17) is 4.74 Å². The van der Waals surface area contributed by atoms with Crippen LogP contribution in [0.1, 0.15) is 39.7 Å². The standard InChI is InChI=1S/C14H22FNO/c1-5-9-17-13-11(7-6-8-12(13)15)10-16-14(2,3)4/h6-8,16H,5,9-10H2,1-4H3. The third-order valence-electron chi connectivity index (χ3n) is 2.31. The van der Waals surface area contributed by atoms with Crippen LogP contribution in [0, 0.1) is 5.82 Å². The minimum absolute atomic E-state index is 0.00828. The molecule has 0 aliphatic rings. The largest absolute Gasteiger partial charge is 0.490 e. The maximum Gasteiger partial charge on any atom is 0.165 e. The molecule has 17 heavy (non-hydrogen) atoms. The van der Waals surface area contributed by atoms with Crippen LogP contribution in [0.2, 0.25) is 0 Å². The van der Waals surface area contributed by atoms with Crippen molar-refractivity contribution in [3.8, 4) is 5.75 Å². The zero-order chi connectivity index (χ0) is 12.9. The quantitative estimate of drug-likeness (QED) is 0.849. The van der Waals surface area contributed by atoms with Crippen molar-refractivity contribution in [1.29, 1.82) is 0 Å². The lowest BCUT2D eigenvalue weighted by atomic mass is 10.1. The number of halogens is 1. The molecule has 0 bridgehead atoms. The van der Waals surface area contributed by atoms with E-state index in [0.29, 0.717) is 18.9 Å². The van der Waals surface area contributed by atoms with Crippen LogP contribution >= 0.6 is 0 Å². The lowest BCUT2D eigenvalue weighted by Gasteiger charge is -2.21. The molecule has 0 fully saturated rings. The van der Waals surface area contributed by atoms with Crippen LogP contribution in [0.4, 0.5) is 4.39 Å². The van der Waals surface area contributed by atoms with Gasteiger partial charge in [-0.15, -0.1) is 0 Å². The average Bonchev–Trinajstić information content (AvgIpc) is 2.24. The first-order valence-electron chi connectivity index (χ1n) is 6.09. The first kappa shape index (κ1) is 14.0. The molecule has 1 aromatic carbocycles. The van der Waals surface area contributed by atoms with Crippen molar-refractivity contribution in [1.82, 2.24) is 5.32 Å². The van der Waals surface area contributed by atoms with Gasteiger partial charge in [0.2, 0.25) is 0 Å². The smallest absolute Gasteiger partial charge is 0.165 e.